The van der Waals surface area contributed by atoms with E-state index in [2.05, 4.69) is 25.9 Å². The van der Waals surface area contributed by atoms with Gasteiger partial charge in [0.25, 0.3) is 0 Å². The van der Waals surface area contributed by atoms with Crippen LogP contribution in [0.2, 0.25) is 0 Å². The predicted molar refractivity (Wildman–Crippen MR) is 128 cm³/mol. The van der Waals surface area contributed by atoms with Gasteiger partial charge in [0, 0.05) is 24.3 Å². The van der Waals surface area contributed by atoms with Crippen LogP contribution in [0.15, 0.2) is 34.9 Å². The van der Waals surface area contributed by atoms with Crippen LogP contribution in [-0.2, 0) is 22.4 Å². The Morgan fingerprint density at radius 3 is 2.53 bits per heavy atom. The van der Waals surface area contributed by atoms with Gasteiger partial charge in [0.15, 0.2) is 0 Å². The Hall–Kier alpha value is -2.63. The molecule has 3 aliphatic rings. The van der Waals surface area contributed by atoms with Gasteiger partial charge < -0.3 is 9.26 Å². The van der Waals surface area contributed by atoms with Crippen LogP contribution in [0.4, 0.5) is 4.79 Å². The molecule has 2 aliphatic carbocycles. The van der Waals surface area contributed by atoms with Crippen molar-refractivity contribution in [3.8, 4) is 0 Å². The first-order chi connectivity index (χ1) is 16.3. The zero-order valence-corrected chi connectivity index (χ0v) is 20.6. The molecular formula is C28H36N2O4. The fourth-order valence-electron chi connectivity index (χ4n) is 5.76. The maximum Gasteiger partial charge on any atom is 0.416 e. The summed E-state index contributed by atoms with van der Waals surface area (Å²) in [5.41, 5.74) is 3.62. The van der Waals surface area contributed by atoms with Gasteiger partial charge in [-0.05, 0) is 61.3 Å². The minimum absolute atomic E-state index is 0.191. The molecular weight excluding hydrogens is 428 g/mol. The van der Waals surface area contributed by atoms with Gasteiger partial charge in [0.2, 0.25) is 5.91 Å². The molecule has 182 valence electrons. The number of cyclic esters (lactones) is 1. The Bertz CT molecular complexity index is 1030. The molecule has 2 heterocycles. The summed E-state index contributed by atoms with van der Waals surface area (Å²) in [7, 11) is 0. The SMILES string of the molecule is CC(C)(C)CC1CC(c2onc(CCC(=O)N3C(=O)OCC3Cc3ccccc3)c2C2CC2)C1. The van der Waals surface area contributed by atoms with Crippen LogP contribution in [0.25, 0.3) is 0 Å². The molecule has 1 atom stereocenters. The highest BCUT2D eigenvalue weighted by Crippen LogP contribution is 2.52. The fourth-order valence-corrected chi connectivity index (χ4v) is 5.76. The molecule has 0 radical (unpaired) electrons. The van der Waals surface area contributed by atoms with Crippen molar-refractivity contribution in [1.29, 1.82) is 0 Å². The minimum atomic E-state index is -0.534. The molecule has 1 saturated heterocycles. The first kappa shape index (κ1) is 23.1. The molecule has 1 aromatic carbocycles. The Labute approximate surface area is 202 Å². The zero-order chi connectivity index (χ0) is 23.9. The van der Waals surface area contributed by atoms with Crippen LogP contribution in [-0.4, -0.2) is 34.7 Å². The van der Waals surface area contributed by atoms with E-state index in [0.29, 0.717) is 30.1 Å². The number of benzene rings is 1. The molecule has 1 aromatic heterocycles. The molecule has 5 rings (SSSR count). The molecule has 3 fully saturated rings. The van der Waals surface area contributed by atoms with Gasteiger partial charge in [-0.25, -0.2) is 9.69 Å². The lowest BCUT2D eigenvalue weighted by atomic mass is 9.67. The third-order valence-corrected chi connectivity index (χ3v) is 7.44. The summed E-state index contributed by atoms with van der Waals surface area (Å²) in [6.45, 7) is 7.17. The standard InChI is InChI=1S/C28H36N2O4/c1-28(2,3)16-19-13-21(14-19)26-25(20-9-10-20)23(29-34-26)11-12-24(31)30-22(17-33-27(30)32)15-18-7-5-4-6-8-18/h4-8,19-22H,9-17H2,1-3H3. The average molecular weight is 465 g/mol. The van der Waals surface area contributed by atoms with Crippen LogP contribution >= 0.6 is 0 Å². The number of rotatable bonds is 8. The van der Waals surface area contributed by atoms with Crippen LogP contribution in [0.1, 0.15) is 93.7 Å². The van der Waals surface area contributed by atoms with Crippen LogP contribution in [0.3, 0.4) is 0 Å². The highest BCUT2D eigenvalue weighted by molar-refractivity contribution is 5.93. The van der Waals surface area contributed by atoms with Crippen LogP contribution in [0, 0.1) is 11.3 Å². The van der Waals surface area contributed by atoms with E-state index in [1.165, 1.54) is 42.6 Å². The number of carbonyl (C=O) groups excluding carboxylic acids is 2. The highest BCUT2D eigenvalue weighted by atomic mass is 16.6. The average Bonchev–Trinajstić information content (AvgIpc) is 3.42. The number of hydrogen-bond acceptors (Lipinski definition) is 5. The third kappa shape index (κ3) is 5.06. The monoisotopic (exact) mass is 464 g/mol. The van der Waals surface area contributed by atoms with E-state index in [1.807, 2.05) is 30.3 Å². The lowest BCUT2D eigenvalue weighted by Gasteiger charge is -2.38. The van der Waals surface area contributed by atoms with Crippen molar-refractivity contribution < 1.29 is 18.8 Å². The number of aromatic nitrogens is 1. The molecule has 2 saturated carbocycles. The van der Waals surface area contributed by atoms with Crippen molar-refractivity contribution >= 4 is 12.0 Å². The quantitative estimate of drug-likeness (QED) is 0.479. The summed E-state index contributed by atoms with van der Waals surface area (Å²) in [6, 6.07) is 9.66. The van der Waals surface area contributed by atoms with Crippen molar-refractivity contribution in [2.24, 2.45) is 11.3 Å². The lowest BCUT2D eigenvalue weighted by Crippen LogP contribution is -2.40. The number of amides is 2. The van der Waals surface area contributed by atoms with Crippen molar-refractivity contribution in [3.05, 3.63) is 52.9 Å². The highest BCUT2D eigenvalue weighted by Gasteiger charge is 2.42. The van der Waals surface area contributed by atoms with Gasteiger partial charge >= 0.3 is 6.09 Å². The van der Waals surface area contributed by atoms with Crippen molar-refractivity contribution in [1.82, 2.24) is 10.1 Å². The molecule has 0 spiro atoms. The smallest absolute Gasteiger partial charge is 0.416 e. The summed E-state index contributed by atoms with van der Waals surface area (Å²) in [6.07, 6.45) is 6.75. The van der Waals surface area contributed by atoms with E-state index in [9.17, 15) is 9.59 Å². The van der Waals surface area contributed by atoms with Gasteiger partial charge in [-0.3, -0.25) is 4.79 Å². The summed E-state index contributed by atoms with van der Waals surface area (Å²) < 4.78 is 11.1. The van der Waals surface area contributed by atoms with Crippen molar-refractivity contribution in [3.63, 3.8) is 0 Å². The molecule has 6 nitrogen and oxygen atoms in total. The van der Waals surface area contributed by atoms with Crippen LogP contribution < -0.4 is 0 Å². The van der Waals surface area contributed by atoms with E-state index >= 15 is 0 Å². The zero-order valence-electron chi connectivity index (χ0n) is 20.6. The van der Waals surface area contributed by atoms with E-state index < -0.39 is 6.09 Å². The lowest BCUT2D eigenvalue weighted by molar-refractivity contribution is -0.129. The van der Waals surface area contributed by atoms with Gasteiger partial charge in [-0.1, -0.05) is 56.3 Å². The number of aryl methyl sites for hydroxylation is 1. The number of ether oxygens (including phenoxy) is 1. The first-order valence-electron chi connectivity index (χ1n) is 12.8. The Kier molecular flexibility index (Phi) is 6.26. The predicted octanol–water partition coefficient (Wildman–Crippen LogP) is 6.00. The first-order valence-corrected chi connectivity index (χ1v) is 12.8. The molecule has 0 N–H and O–H groups in total. The van der Waals surface area contributed by atoms with Crippen LogP contribution in [0.5, 0.6) is 0 Å². The normalized spacial score (nSPS) is 24.7. The maximum absolute atomic E-state index is 13.1. The minimum Gasteiger partial charge on any atom is -0.447 e. The number of nitrogens with zero attached hydrogens (tertiary/aromatic N) is 2. The Balaban J connectivity index is 1.22. The summed E-state index contributed by atoms with van der Waals surface area (Å²) >= 11 is 0. The largest absolute Gasteiger partial charge is 0.447 e. The molecule has 1 unspecified atom stereocenters. The number of imide groups is 1. The Morgan fingerprint density at radius 1 is 1.12 bits per heavy atom. The van der Waals surface area contributed by atoms with E-state index in [1.54, 1.807) is 0 Å². The third-order valence-electron chi connectivity index (χ3n) is 7.44. The van der Waals surface area contributed by atoms with Gasteiger partial charge in [-0.15, -0.1) is 0 Å². The van der Waals surface area contributed by atoms with E-state index in [0.717, 1.165) is 22.9 Å². The molecule has 34 heavy (non-hydrogen) atoms. The molecule has 2 aromatic rings. The summed E-state index contributed by atoms with van der Waals surface area (Å²) in [5.74, 6) is 2.62. The number of hydrogen-bond donors (Lipinski definition) is 0. The topological polar surface area (TPSA) is 72.6 Å². The maximum atomic E-state index is 13.1. The Morgan fingerprint density at radius 2 is 1.85 bits per heavy atom. The second kappa shape index (κ2) is 9.20. The second-order valence-corrected chi connectivity index (χ2v) is 11.7. The molecule has 0 bridgehead atoms. The second-order valence-electron chi connectivity index (χ2n) is 11.7. The van der Waals surface area contributed by atoms with E-state index in [-0.39, 0.29) is 25.0 Å². The van der Waals surface area contributed by atoms with Crippen molar-refractivity contribution in [2.75, 3.05) is 6.61 Å². The van der Waals surface area contributed by atoms with Gasteiger partial charge in [-0.2, -0.15) is 0 Å². The summed E-state index contributed by atoms with van der Waals surface area (Å²) in [5, 5.41) is 4.42. The fraction of sp³-hybridized carbons (Fsp3) is 0.607. The summed E-state index contributed by atoms with van der Waals surface area (Å²) in [4.78, 5) is 26.7. The molecule has 1 aliphatic heterocycles. The van der Waals surface area contributed by atoms with Gasteiger partial charge in [0.1, 0.15) is 12.4 Å². The van der Waals surface area contributed by atoms with Gasteiger partial charge in [0.05, 0.1) is 11.7 Å². The molecule has 6 heteroatoms. The van der Waals surface area contributed by atoms with Crippen molar-refractivity contribution in [2.45, 2.75) is 90.0 Å². The number of carbonyl (C=O) groups is 2. The molecule has 2 amide bonds. The van der Waals surface area contributed by atoms with E-state index in [4.69, 9.17) is 9.26 Å².